The third kappa shape index (κ3) is 2.35. The Morgan fingerprint density at radius 2 is 1.92 bits per heavy atom. The van der Waals surface area contributed by atoms with Gasteiger partial charge < -0.3 is 10.6 Å². The molecule has 0 aromatic heterocycles. The molecule has 0 atom stereocenters. The minimum Gasteiger partial charge on any atom is -0.359 e. The number of piperidine rings is 1. The molecule has 0 spiro atoms. The van der Waals surface area contributed by atoms with Crippen LogP contribution in [0.1, 0.15) is 19.8 Å². The Morgan fingerprint density at radius 3 is 2.33 bits per heavy atom. The Hall–Kier alpha value is -0.280. The van der Waals surface area contributed by atoms with Crippen molar-refractivity contribution in [2.75, 3.05) is 20.1 Å². The molecule has 0 aromatic rings. The van der Waals surface area contributed by atoms with E-state index in [1.165, 1.54) is 0 Å². The molecule has 72 valence electrons. The summed E-state index contributed by atoms with van der Waals surface area (Å²) in [4.78, 5) is 11.3. The summed E-state index contributed by atoms with van der Waals surface area (Å²) in [7, 11) is 1.70. The molecular formula is C8H17ClN2O. The summed E-state index contributed by atoms with van der Waals surface area (Å²) in [5.41, 5.74) is -0.125. The normalized spacial score (nSPS) is 20.8. The van der Waals surface area contributed by atoms with Crippen molar-refractivity contribution in [1.82, 2.24) is 10.6 Å². The Balaban J connectivity index is 0.00000121. The molecule has 4 heteroatoms. The van der Waals surface area contributed by atoms with Gasteiger partial charge in [-0.25, -0.2) is 0 Å². The molecule has 1 saturated heterocycles. The summed E-state index contributed by atoms with van der Waals surface area (Å²) >= 11 is 0. The summed E-state index contributed by atoms with van der Waals surface area (Å²) in [6.45, 7) is 3.96. The molecule has 3 nitrogen and oxygen atoms in total. The molecule has 1 fully saturated rings. The van der Waals surface area contributed by atoms with E-state index >= 15 is 0 Å². The monoisotopic (exact) mass is 192 g/mol. The molecule has 0 radical (unpaired) electrons. The third-order valence-corrected chi connectivity index (χ3v) is 2.48. The van der Waals surface area contributed by atoms with E-state index in [0.717, 1.165) is 25.9 Å². The highest BCUT2D eigenvalue weighted by Crippen LogP contribution is 2.27. The standard InChI is InChI=1S/C8H16N2O.ClH/c1-8(7(11)9-2)3-5-10-6-4-8;/h10H,3-6H2,1-2H3,(H,9,11);1H. The zero-order valence-corrected chi connectivity index (χ0v) is 8.46. The fraction of sp³-hybridized carbons (Fsp3) is 0.875. The molecule has 1 heterocycles. The molecule has 0 unspecified atom stereocenters. The lowest BCUT2D eigenvalue weighted by Crippen LogP contribution is -2.44. The molecule has 0 aromatic carbocycles. The van der Waals surface area contributed by atoms with Crippen LogP contribution in [0.5, 0.6) is 0 Å². The van der Waals surface area contributed by atoms with Crippen molar-refractivity contribution in [3.63, 3.8) is 0 Å². The first kappa shape index (κ1) is 11.7. The van der Waals surface area contributed by atoms with Gasteiger partial charge in [-0.05, 0) is 25.9 Å². The number of hydrogen-bond donors (Lipinski definition) is 2. The van der Waals surface area contributed by atoms with Crippen LogP contribution < -0.4 is 10.6 Å². The zero-order valence-electron chi connectivity index (χ0n) is 7.64. The molecule has 0 saturated carbocycles. The summed E-state index contributed by atoms with van der Waals surface area (Å²) in [5, 5.41) is 5.95. The molecule has 2 N–H and O–H groups in total. The van der Waals surface area contributed by atoms with Gasteiger partial charge >= 0.3 is 0 Å². The van der Waals surface area contributed by atoms with Gasteiger partial charge in [-0.2, -0.15) is 0 Å². The minimum absolute atomic E-state index is 0. The van der Waals surface area contributed by atoms with Crippen LogP contribution in [0, 0.1) is 5.41 Å². The number of rotatable bonds is 1. The fourth-order valence-corrected chi connectivity index (χ4v) is 1.51. The fourth-order valence-electron chi connectivity index (χ4n) is 1.51. The molecule has 0 bridgehead atoms. The lowest BCUT2D eigenvalue weighted by atomic mass is 9.80. The molecule has 1 aliphatic rings. The topological polar surface area (TPSA) is 41.1 Å². The first-order valence-electron chi connectivity index (χ1n) is 4.12. The van der Waals surface area contributed by atoms with Crippen LogP contribution in [0.2, 0.25) is 0 Å². The van der Waals surface area contributed by atoms with Gasteiger partial charge in [0.25, 0.3) is 0 Å². The second kappa shape index (κ2) is 4.67. The first-order valence-corrected chi connectivity index (χ1v) is 4.12. The van der Waals surface area contributed by atoms with Crippen molar-refractivity contribution >= 4 is 18.3 Å². The van der Waals surface area contributed by atoms with Crippen molar-refractivity contribution < 1.29 is 4.79 Å². The van der Waals surface area contributed by atoms with Crippen LogP contribution in [0.3, 0.4) is 0 Å². The van der Waals surface area contributed by atoms with Crippen LogP contribution >= 0.6 is 12.4 Å². The number of halogens is 1. The first-order chi connectivity index (χ1) is 5.19. The number of carbonyl (C=O) groups is 1. The van der Waals surface area contributed by atoms with Gasteiger partial charge in [0.2, 0.25) is 5.91 Å². The second-order valence-electron chi connectivity index (χ2n) is 3.39. The van der Waals surface area contributed by atoms with Crippen LogP contribution in [0.25, 0.3) is 0 Å². The average molecular weight is 193 g/mol. The summed E-state index contributed by atoms with van der Waals surface area (Å²) in [5.74, 6) is 0.180. The van der Waals surface area contributed by atoms with Crippen molar-refractivity contribution in [3.8, 4) is 0 Å². The van der Waals surface area contributed by atoms with Crippen LogP contribution in [-0.4, -0.2) is 26.0 Å². The average Bonchev–Trinajstić information content (AvgIpc) is 2.04. The lowest BCUT2D eigenvalue weighted by Gasteiger charge is -2.31. The van der Waals surface area contributed by atoms with Crippen molar-refractivity contribution in [3.05, 3.63) is 0 Å². The van der Waals surface area contributed by atoms with Crippen molar-refractivity contribution in [2.45, 2.75) is 19.8 Å². The quantitative estimate of drug-likeness (QED) is 0.637. The van der Waals surface area contributed by atoms with E-state index in [1.807, 2.05) is 6.92 Å². The van der Waals surface area contributed by atoms with Crippen LogP contribution in [0.4, 0.5) is 0 Å². The van der Waals surface area contributed by atoms with Gasteiger partial charge in [-0.1, -0.05) is 6.92 Å². The van der Waals surface area contributed by atoms with Gasteiger partial charge in [0.15, 0.2) is 0 Å². The van der Waals surface area contributed by atoms with E-state index in [2.05, 4.69) is 10.6 Å². The minimum atomic E-state index is -0.125. The predicted octanol–water partition coefficient (Wildman–Crippen LogP) is 0.544. The second-order valence-corrected chi connectivity index (χ2v) is 3.39. The predicted molar refractivity (Wildman–Crippen MR) is 51.5 cm³/mol. The molecule has 0 aliphatic carbocycles. The van der Waals surface area contributed by atoms with Gasteiger partial charge in [0, 0.05) is 12.5 Å². The summed E-state index contributed by atoms with van der Waals surface area (Å²) in [6.07, 6.45) is 1.90. The lowest BCUT2D eigenvalue weighted by molar-refractivity contribution is -0.131. The largest absolute Gasteiger partial charge is 0.359 e. The molecule has 1 rings (SSSR count). The zero-order chi connectivity index (χ0) is 8.32. The van der Waals surface area contributed by atoms with Crippen molar-refractivity contribution in [1.29, 1.82) is 0 Å². The maximum atomic E-state index is 11.3. The third-order valence-electron chi connectivity index (χ3n) is 2.48. The smallest absolute Gasteiger partial charge is 0.225 e. The Morgan fingerprint density at radius 1 is 1.42 bits per heavy atom. The van der Waals surface area contributed by atoms with E-state index in [9.17, 15) is 4.79 Å². The summed E-state index contributed by atoms with van der Waals surface area (Å²) in [6, 6.07) is 0. The maximum Gasteiger partial charge on any atom is 0.225 e. The highest BCUT2D eigenvalue weighted by molar-refractivity contribution is 5.85. The number of hydrogen-bond acceptors (Lipinski definition) is 2. The number of carbonyl (C=O) groups excluding carboxylic acids is 1. The van der Waals surface area contributed by atoms with E-state index < -0.39 is 0 Å². The van der Waals surface area contributed by atoms with Gasteiger partial charge in [-0.15, -0.1) is 12.4 Å². The molecule has 1 aliphatic heterocycles. The van der Waals surface area contributed by atoms with E-state index in [4.69, 9.17) is 0 Å². The number of nitrogens with one attached hydrogen (secondary N) is 2. The summed E-state index contributed by atoms with van der Waals surface area (Å²) < 4.78 is 0. The SMILES string of the molecule is CNC(=O)C1(C)CCNCC1.Cl. The van der Waals surface area contributed by atoms with Gasteiger partial charge in [0.05, 0.1) is 0 Å². The van der Waals surface area contributed by atoms with Gasteiger partial charge in [0.1, 0.15) is 0 Å². The Bertz CT molecular complexity index is 155. The van der Waals surface area contributed by atoms with E-state index in [1.54, 1.807) is 7.05 Å². The van der Waals surface area contributed by atoms with Gasteiger partial charge in [-0.3, -0.25) is 4.79 Å². The van der Waals surface area contributed by atoms with Crippen molar-refractivity contribution in [2.24, 2.45) is 5.41 Å². The maximum absolute atomic E-state index is 11.3. The Kier molecular flexibility index (Phi) is 4.57. The Labute approximate surface area is 79.7 Å². The molecular weight excluding hydrogens is 176 g/mol. The van der Waals surface area contributed by atoms with Crippen LogP contribution in [0.15, 0.2) is 0 Å². The molecule has 1 amide bonds. The number of amides is 1. The van der Waals surface area contributed by atoms with E-state index in [0.29, 0.717) is 0 Å². The van der Waals surface area contributed by atoms with E-state index in [-0.39, 0.29) is 23.7 Å². The molecule has 12 heavy (non-hydrogen) atoms. The van der Waals surface area contributed by atoms with Crippen LogP contribution in [-0.2, 0) is 4.79 Å². The highest BCUT2D eigenvalue weighted by Gasteiger charge is 2.33. The highest BCUT2D eigenvalue weighted by atomic mass is 35.5.